The van der Waals surface area contributed by atoms with Crippen LogP contribution in [0, 0.1) is 0 Å². The van der Waals surface area contributed by atoms with Gasteiger partial charge in [0.1, 0.15) is 12.4 Å². The lowest BCUT2D eigenvalue weighted by atomic mass is 9.91. The molecule has 0 saturated carbocycles. The van der Waals surface area contributed by atoms with Gasteiger partial charge in [-0.1, -0.05) is 31.2 Å². The highest BCUT2D eigenvalue weighted by Crippen LogP contribution is 2.28. The quantitative estimate of drug-likeness (QED) is 0.406. The Kier molecular flexibility index (Phi) is 6.49. The van der Waals surface area contributed by atoms with Crippen molar-refractivity contribution in [3.8, 4) is 5.75 Å². The number of rotatable bonds is 8. The molecule has 0 spiro atoms. The fraction of sp³-hybridized carbons (Fsp3) is 0.318. The number of hydrazone groups is 1. The molecule has 7 nitrogen and oxygen atoms in total. The van der Waals surface area contributed by atoms with Gasteiger partial charge in [0.2, 0.25) is 0 Å². The Morgan fingerprint density at radius 2 is 2.07 bits per heavy atom. The fourth-order valence-corrected chi connectivity index (χ4v) is 3.54. The zero-order valence-corrected chi connectivity index (χ0v) is 16.4. The molecule has 29 heavy (non-hydrogen) atoms. The molecule has 3 N–H and O–H groups in total. The lowest BCUT2D eigenvalue weighted by molar-refractivity contribution is -0.137. The Balaban J connectivity index is 1.70. The number of aliphatic carboxylic acids is 1. The van der Waals surface area contributed by atoms with Crippen LogP contribution in [0.4, 0.5) is 0 Å². The number of benzene rings is 2. The highest BCUT2D eigenvalue weighted by Gasteiger charge is 2.31. The fourth-order valence-electron chi connectivity index (χ4n) is 3.54. The summed E-state index contributed by atoms with van der Waals surface area (Å²) in [5.74, 6) is 4.85. The summed E-state index contributed by atoms with van der Waals surface area (Å²) in [7, 11) is 0. The van der Waals surface area contributed by atoms with E-state index in [9.17, 15) is 9.59 Å². The molecular formula is C22H25N3O4. The highest BCUT2D eigenvalue weighted by atomic mass is 16.5. The second-order valence-corrected chi connectivity index (χ2v) is 7.04. The molecule has 7 heteroatoms. The second-order valence-electron chi connectivity index (χ2n) is 7.04. The number of hydrogen-bond donors (Lipinski definition) is 2. The average molecular weight is 395 g/mol. The molecule has 0 radical (unpaired) electrons. The van der Waals surface area contributed by atoms with E-state index in [2.05, 4.69) is 5.10 Å². The SMILES string of the molecule is CCC1Cc2cc(OCc3ccc(C=NN)cc3)ccc2C(=O)N1CCC(=O)O. The first-order valence-corrected chi connectivity index (χ1v) is 9.62. The van der Waals surface area contributed by atoms with Gasteiger partial charge in [-0.05, 0) is 47.7 Å². The van der Waals surface area contributed by atoms with Crippen LogP contribution in [0.15, 0.2) is 47.6 Å². The molecule has 1 atom stereocenters. The summed E-state index contributed by atoms with van der Waals surface area (Å²) in [6, 6.07) is 13.2. The van der Waals surface area contributed by atoms with Crippen molar-refractivity contribution in [1.29, 1.82) is 0 Å². The van der Waals surface area contributed by atoms with E-state index in [-0.39, 0.29) is 24.9 Å². The van der Waals surface area contributed by atoms with Crippen molar-refractivity contribution in [2.75, 3.05) is 6.54 Å². The molecule has 1 aliphatic heterocycles. The maximum absolute atomic E-state index is 12.8. The number of carbonyl (C=O) groups is 2. The summed E-state index contributed by atoms with van der Waals surface area (Å²) < 4.78 is 5.91. The highest BCUT2D eigenvalue weighted by molar-refractivity contribution is 5.97. The van der Waals surface area contributed by atoms with Gasteiger partial charge in [-0.3, -0.25) is 9.59 Å². The van der Waals surface area contributed by atoms with Crippen LogP contribution in [0.2, 0.25) is 0 Å². The van der Waals surface area contributed by atoms with Crippen molar-refractivity contribution >= 4 is 18.1 Å². The first kappa shape index (κ1) is 20.4. The predicted molar refractivity (Wildman–Crippen MR) is 110 cm³/mol. The third-order valence-electron chi connectivity index (χ3n) is 5.11. The van der Waals surface area contributed by atoms with Crippen molar-refractivity contribution in [3.63, 3.8) is 0 Å². The van der Waals surface area contributed by atoms with Crippen LogP contribution < -0.4 is 10.6 Å². The molecule has 1 aliphatic rings. The van der Waals surface area contributed by atoms with Gasteiger partial charge in [0.15, 0.2) is 0 Å². The molecule has 1 unspecified atom stereocenters. The molecule has 0 fully saturated rings. The number of hydrogen-bond acceptors (Lipinski definition) is 5. The lowest BCUT2D eigenvalue weighted by Gasteiger charge is -2.36. The van der Waals surface area contributed by atoms with Crippen LogP contribution in [-0.2, 0) is 17.8 Å². The maximum atomic E-state index is 12.8. The Labute approximate surface area is 169 Å². The summed E-state index contributed by atoms with van der Waals surface area (Å²) in [5.41, 5.74) is 3.50. The van der Waals surface area contributed by atoms with E-state index in [0.717, 1.165) is 23.1 Å². The van der Waals surface area contributed by atoms with Crippen molar-refractivity contribution < 1.29 is 19.4 Å². The Hall–Kier alpha value is -3.35. The summed E-state index contributed by atoms with van der Waals surface area (Å²) in [4.78, 5) is 25.4. The van der Waals surface area contributed by atoms with Crippen LogP contribution in [0.1, 0.15) is 46.8 Å². The van der Waals surface area contributed by atoms with Gasteiger partial charge >= 0.3 is 5.97 Å². The van der Waals surface area contributed by atoms with Crippen LogP contribution in [0.25, 0.3) is 0 Å². The van der Waals surface area contributed by atoms with E-state index in [1.54, 1.807) is 23.2 Å². The molecule has 2 aromatic carbocycles. The number of carboxylic acids is 1. The molecule has 2 aromatic rings. The van der Waals surface area contributed by atoms with Crippen LogP contribution in [0.3, 0.4) is 0 Å². The summed E-state index contributed by atoms with van der Waals surface area (Å²) in [5, 5.41) is 12.4. The molecule has 0 aromatic heterocycles. The Morgan fingerprint density at radius 1 is 1.31 bits per heavy atom. The van der Waals surface area contributed by atoms with E-state index in [4.69, 9.17) is 15.7 Å². The molecule has 152 valence electrons. The molecule has 0 aliphatic carbocycles. The minimum Gasteiger partial charge on any atom is -0.489 e. The number of carboxylic acid groups (broad SMARTS) is 1. The molecule has 0 saturated heterocycles. The van der Waals surface area contributed by atoms with Crippen LogP contribution in [0.5, 0.6) is 5.75 Å². The normalized spacial score (nSPS) is 16.1. The molecule has 1 amide bonds. The van der Waals surface area contributed by atoms with Crippen molar-refractivity contribution in [2.24, 2.45) is 10.9 Å². The van der Waals surface area contributed by atoms with Crippen molar-refractivity contribution in [1.82, 2.24) is 4.90 Å². The maximum Gasteiger partial charge on any atom is 0.305 e. The standard InChI is InChI=1S/C22H25N3O4/c1-2-18-11-17-12-19(29-14-16-5-3-15(4-6-16)13-24-23)7-8-20(17)22(28)25(18)10-9-21(26)27/h3-8,12-13,18H,2,9-11,14,23H2,1H3,(H,26,27). The van der Waals surface area contributed by atoms with Gasteiger partial charge in [-0.25, -0.2) is 0 Å². The Bertz CT molecular complexity index is 909. The van der Waals surface area contributed by atoms with Crippen molar-refractivity contribution in [2.45, 2.75) is 38.8 Å². The van der Waals surface area contributed by atoms with Gasteiger partial charge in [0.25, 0.3) is 5.91 Å². The summed E-state index contributed by atoms with van der Waals surface area (Å²) in [6.07, 6.45) is 3.00. The van der Waals surface area contributed by atoms with Crippen LogP contribution in [-0.4, -0.2) is 40.7 Å². The van der Waals surface area contributed by atoms with Gasteiger partial charge in [0.05, 0.1) is 12.6 Å². The number of nitrogens with zero attached hydrogens (tertiary/aromatic N) is 2. The van der Waals surface area contributed by atoms with Gasteiger partial charge < -0.3 is 20.6 Å². The zero-order valence-electron chi connectivity index (χ0n) is 16.4. The van der Waals surface area contributed by atoms with E-state index >= 15 is 0 Å². The van der Waals surface area contributed by atoms with Gasteiger partial charge in [-0.15, -0.1) is 0 Å². The largest absolute Gasteiger partial charge is 0.489 e. The van der Waals surface area contributed by atoms with Gasteiger partial charge in [0, 0.05) is 18.2 Å². The van der Waals surface area contributed by atoms with Crippen LogP contribution >= 0.6 is 0 Å². The third kappa shape index (κ3) is 4.93. The second kappa shape index (κ2) is 9.23. The van der Waals surface area contributed by atoms with E-state index < -0.39 is 5.97 Å². The minimum absolute atomic E-state index is 0.00125. The van der Waals surface area contributed by atoms with Crippen molar-refractivity contribution in [3.05, 3.63) is 64.7 Å². The topological polar surface area (TPSA) is 105 Å². The predicted octanol–water partition coefficient (Wildman–Crippen LogP) is 2.81. The summed E-state index contributed by atoms with van der Waals surface area (Å²) in [6.45, 7) is 2.65. The number of ether oxygens (including phenoxy) is 1. The number of amides is 1. The molecule has 3 rings (SSSR count). The number of fused-ring (bicyclic) bond motifs is 1. The zero-order chi connectivity index (χ0) is 20.8. The lowest BCUT2D eigenvalue weighted by Crippen LogP contribution is -2.46. The molecular weight excluding hydrogens is 370 g/mol. The first-order chi connectivity index (χ1) is 14.0. The minimum atomic E-state index is -0.898. The smallest absolute Gasteiger partial charge is 0.305 e. The molecule has 1 heterocycles. The monoisotopic (exact) mass is 395 g/mol. The summed E-state index contributed by atoms with van der Waals surface area (Å²) >= 11 is 0. The third-order valence-corrected chi connectivity index (χ3v) is 5.11. The van der Waals surface area contributed by atoms with Gasteiger partial charge in [-0.2, -0.15) is 5.10 Å². The van der Waals surface area contributed by atoms with E-state index in [0.29, 0.717) is 24.3 Å². The first-order valence-electron chi connectivity index (χ1n) is 9.62. The van der Waals surface area contributed by atoms with E-state index in [1.807, 2.05) is 37.3 Å². The molecule has 0 bridgehead atoms. The van der Waals surface area contributed by atoms with E-state index in [1.165, 1.54) is 0 Å². The number of nitrogens with two attached hydrogens (primary N) is 1. The number of carbonyl (C=O) groups excluding carboxylic acids is 1. The Morgan fingerprint density at radius 3 is 2.72 bits per heavy atom. The average Bonchev–Trinajstić information content (AvgIpc) is 2.72.